The van der Waals surface area contributed by atoms with Crippen molar-refractivity contribution in [2.45, 2.75) is 32.1 Å². The van der Waals surface area contributed by atoms with Crippen molar-refractivity contribution in [3.63, 3.8) is 0 Å². The Morgan fingerprint density at radius 1 is 1.15 bits per heavy atom. The summed E-state index contributed by atoms with van der Waals surface area (Å²) >= 11 is 1.90. The highest BCUT2D eigenvalue weighted by atomic mass is 32.1. The Hall–Kier alpha value is -1.68. The molecule has 20 heavy (non-hydrogen) atoms. The van der Waals surface area contributed by atoms with E-state index in [1.165, 1.54) is 41.9 Å². The molecule has 1 aliphatic heterocycles. The molecular formula is C16H16N3S. The summed E-state index contributed by atoms with van der Waals surface area (Å²) in [5.41, 5.74) is 2.08. The quantitative estimate of drug-likeness (QED) is 0.819. The second-order valence-corrected chi connectivity index (χ2v) is 6.69. The van der Waals surface area contributed by atoms with Crippen LogP contribution in [0, 0.1) is 5.92 Å². The third-order valence-electron chi connectivity index (χ3n) is 4.16. The van der Waals surface area contributed by atoms with E-state index in [0.29, 0.717) is 0 Å². The molecule has 4 rings (SSSR count). The Bertz CT molecular complexity index is 653. The zero-order valence-electron chi connectivity index (χ0n) is 11.2. The third kappa shape index (κ3) is 2.14. The van der Waals surface area contributed by atoms with E-state index in [4.69, 9.17) is 0 Å². The first kappa shape index (κ1) is 12.1. The lowest BCUT2D eigenvalue weighted by molar-refractivity contribution is 0.551. The molecule has 0 unspecified atom stereocenters. The van der Waals surface area contributed by atoms with Gasteiger partial charge in [-0.25, -0.2) is 15.3 Å². The smallest absolute Gasteiger partial charge is 0.180 e. The minimum atomic E-state index is 0.744. The summed E-state index contributed by atoms with van der Waals surface area (Å²) in [5.74, 6) is 1.64. The minimum absolute atomic E-state index is 0.744. The molecule has 0 bridgehead atoms. The Labute approximate surface area is 122 Å². The number of rotatable bonds is 3. The van der Waals surface area contributed by atoms with Gasteiger partial charge in [0.15, 0.2) is 5.82 Å². The Balaban J connectivity index is 1.62. The highest BCUT2D eigenvalue weighted by molar-refractivity contribution is 7.15. The van der Waals surface area contributed by atoms with Crippen molar-refractivity contribution in [1.29, 1.82) is 0 Å². The largest absolute Gasteiger partial charge is 0.235 e. The molecule has 0 amide bonds. The maximum Gasteiger partial charge on any atom is 0.180 e. The fourth-order valence-corrected chi connectivity index (χ4v) is 4.28. The average molecular weight is 282 g/mol. The monoisotopic (exact) mass is 282 g/mol. The third-order valence-corrected chi connectivity index (χ3v) is 5.30. The molecule has 101 valence electrons. The van der Waals surface area contributed by atoms with E-state index in [1.54, 1.807) is 6.34 Å². The fourth-order valence-electron chi connectivity index (χ4n) is 3.14. The maximum absolute atomic E-state index is 4.34. The summed E-state index contributed by atoms with van der Waals surface area (Å²) in [4.78, 5) is 11.4. The van der Waals surface area contributed by atoms with Gasteiger partial charge in [-0.1, -0.05) is 25.7 Å². The van der Waals surface area contributed by atoms with Gasteiger partial charge in [-0.05, 0) is 30.5 Å². The topological polar surface area (TPSA) is 39.4 Å². The number of hydrogen-bond acceptors (Lipinski definition) is 3. The number of aromatic nitrogens is 1. The predicted molar refractivity (Wildman–Crippen MR) is 83.2 cm³/mol. The van der Waals surface area contributed by atoms with Crippen molar-refractivity contribution < 1.29 is 0 Å². The van der Waals surface area contributed by atoms with E-state index in [-0.39, 0.29) is 0 Å². The van der Waals surface area contributed by atoms with E-state index in [9.17, 15) is 0 Å². The van der Waals surface area contributed by atoms with E-state index >= 15 is 0 Å². The van der Waals surface area contributed by atoms with Crippen LogP contribution in [0.3, 0.4) is 0 Å². The number of fused-ring (bicyclic) bond motifs is 1. The Morgan fingerprint density at radius 3 is 2.95 bits per heavy atom. The number of nitrogens with zero attached hydrogens (tertiary/aromatic N) is 3. The predicted octanol–water partition coefficient (Wildman–Crippen LogP) is 4.45. The van der Waals surface area contributed by atoms with Crippen molar-refractivity contribution in [2.24, 2.45) is 10.9 Å². The maximum atomic E-state index is 4.34. The summed E-state index contributed by atoms with van der Waals surface area (Å²) < 4.78 is 0. The molecule has 0 N–H and O–H groups in total. The molecule has 2 aromatic heterocycles. The van der Waals surface area contributed by atoms with Gasteiger partial charge in [-0.2, -0.15) is 0 Å². The van der Waals surface area contributed by atoms with Crippen LogP contribution in [0.25, 0.3) is 10.4 Å². The van der Waals surface area contributed by atoms with Gasteiger partial charge in [0.2, 0.25) is 0 Å². The van der Waals surface area contributed by atoms with Crippen molar-refractivity contribution in [3.05, 3.63) is 29.3 Å². The normalized spacial score (nSPS) is 17.4. The fraction of sp³-hybridized carbons (Fsp3) is 0.375. The Kier molecular flexibility index (Phi) is 3.03. The van der Waals surface area contributed by atoms with Crippen LogP contribution < -0.4 is 5.32 Å². The van der Waals surface area contributed by atoms with E-state index < -0.39 is 0 Å². The molecule has 3 heterocycles. The molecule has 1 aliphatic carbocycles. The van der Waals surface area contributed by atoms with E-state index in [0.717, 1.165) is 23.0 Å². The van der Waals surface area contributed by atoms with Crippen molar-refractivity contribution in [3.8, 4) is 10.4 Å². The lowest BCUT2D eigenvalue weighted by Gasteiger charge is -2.06. The molecule has 4 heteroatoms. The average Bonchev–Trinajstić information content (AvgIpc) is 3.19. The summed E-state index contributed by atoms with van der Waals surface area (Å²) in [6, 6.07) is 6.54. The standard InChI is InChI=1S/C16H16N3S/c1-2-4-11(3-1)9-12-5-6-14(20-12)13-7-8-17-16-15(13)18-10-19-16/h5-8,10-11H,1-4,9H2. The second-order valence-electron chi connectivity index (χ2n) is 5.52. The molecule has 0 atom stereocenters. The van der Waals surface area contributed by atoms with Crippen LogP contribution in [-0.4, -0.2) is 11.3 Å². The summed E-state index contributed by atoms with van der Waals surface area (Å²) in [6.07, 6.45) is 10.3. The van der Waals surface area contributed by atoms with Gasteiger partial charge >= 0.3 is 0 Å². The lowest BCUT2D eigenvalue weighted by atomic mass is 10.0. The lowest BCUT2D eigenvalue weighted by Crippen LogP contribution is -1.95. The molecule has 2 aliphatic rings. The summed E-state index contributed by atoms with van der Waals surface area (Å²) in [7, 11) is 0. The molecular weight excluding hydrogens is 266 g/mol. The van der Waals surface area contributed by atoms with Crippen LogP contribution >= 0.6 is 11.3 Å². The van der Waals surface area contributed by atoms with Gasteiger partial charge in [0.05, 0.1) is 0 Å². The highest BCUT2D eigenvalue weighted by Crippen LogP contribution is 2.41. The Morgan fingerprint density at radius 2 is 2.05 bits per heavy atom. The summed E-state index contributed by atoms with van der Waals surface area (Å²) in [6.45, 7) is 0. The van der Waals surface area contributed by atoms with Gasteiger partial charge in [-0.3, -0.25) is 0 Å². The first-order chi connectivity index (χ1) is 9.90. The molecule has 1 saturated carbocycles. The van der Waals surface area contributed by atoms with E-state index in [2.05, 4.69) is 27.4 Å². The van der Waals surface area contributed by atoms with Crippen molar-refractivity contribution in [2.75, 3.05) is 0 Å². The molecule has 3 nitrogen and oxygen atoms in total. The SMILES string of the molecule is C1=Nc2c(-c3ccc(CC4CCCC4)s3)ccnc2[N]1. The van der Waals surface area contributed by atoms with Gasteiger partial charge in [0.1, 0.15) is 12.0 Å². The van der Waals surface area contributed by atoms with Crippen LogP contribution in [0.1, 0.15) is 30.6 Å². The van der Waals surface area contributed by atoms with Gasteiger partial charge in [0.25, 0.3) is 0 Å². The molecule has 2 aromatic rings. The first-order valence-electron chi connectivity index (χ1n) is 7.21. The van der Waals surface area contributed by atoms with Crippen LogP contribution in [0.5, 0.6) is 0 Å². The number of pyridine rings is 1. The van der Waals surface area contributed by atoms with E-state index in [1.807, 2.05) is 23.6 Å². The molecule has 0 aromatic carbocycles. The van der Waals surface area contributed by atoms with Crippen LogP contribution in [0.2, 0.25) is 0 Å². The molecule has 1 radical (unpaired) electrons. The minimum Gasteiger partial charge on any atom is -0.235 e. The highest BCUT2D eigenvalue weighted by Gasteiger charge is 2.19. The molecule has 0 saturated heterocycles. The number of aliphatic imine (C=N–C) groups is 1. The summed E-state index contributed by atoms with van der Waals surface area (Å²) in [5, 5.41) is 4.18. The zero-order chi connectivity index (χ0) is 13.4. The van der Waals surface area contributed by atoms with Crippen molar-refractivity contribution in [1.82, 2.24) is 10.3 Å². The number of thiophene rings is 1. The van der Waals surface area contributed by atoms with Gasteiger partial charge in [0, 0.05) is 21.5 Å². The van der Waals surface area contributed by atoms with Gasteiger partial charge in [-0.15, -0.1) is 11.3 Å². The zero-order valence-corrected chi connectivity index (χ0v) is 12.1. The number of hydrogen-bond donors (Lipinski definition) is 0. The second kappa shape index (κ2) is 5.02. The van der Waals surface area contributed by atoms with Crippen LogP contribution in [0.4, 0.5) is 11.5 Å². The molecule has 1 fully saturated rings. The van der Waals surface area contributed by atoms with Crippen LogP contribution in [0.15, 0.2) is 29.4 Å². The van der Waals surface area contributed by atoms with Gasteiger partial charge < -0.3 is 0 Å². The first-order valence-corrected chi connectivity index (χ1v) is 8.03. The van der Waals surface area contributed by atoms with Crippen molar-refractivity contribution >= 4 is 29.2 Å². The molecule has 0 spiro atoms. The van der Waals surface area contributed by atoms with Crippen LogP contribution in [-0.2, 0) is 6.42 Å².